The minimum Gasteiger partial charge on any atom is -0.341 e. The van der Waals surface area contributed by atoms with Crippen molar-refractivity contribution in [2.45, 2.75) is 17.7 Å². The van der Waals surface area contributed by atoms with Gasteiger partial charge in [0.15, 0.2) is 0 Å². The maximum absolute atomic E-state index is 13.0. The highest BCUT2D eigenvalue weighted by molar-refractivity contribution is 9.09. The highest BCUT2D eigenvalue weighted by Gasteiger charge is 2.29. The van der Waals surface area contributed by atoms with Crippen LogP contribution in [-0.2, 0) is 0 Å². The van der Waals surface area contributed by atoms with Gasteiger partial charge < -0.3 is 4.90 Å². The maximum Gasteiger partial charge on any atom is 0.253 e. The summed E-state index contributed by atoms with van der Waals surface area (Å²) in [4.78, 5) is 14.4. The zero-order valence-electron chi connectivity index (χ0n) is 10.00. The predicted molar refractivity (Wildman–Crippen MR) is 73.8 cm³/mol. The second-order valence-electron chi connectivity index (χ2n) is 4.75. The van der Waals surface area contributed by atoms with Crippen molar-refractivity contribution in [2.24, 2.45) is 5.92 Å². The van der Waals surface area contributed by atoms with E-state index in [1.54, 1.807) is 11.9 Å². The molecule has 0 heterocycles. The Kier molecular flexibility index (Phi) is 4.28. The van der Waals surface area contributed by atoms with Crippen LogP contribution in [-0.4, -0.2) is 29.2 Å². The van der Waals surface area contributed by atoms with Crippen LogP contribution in [0.5, 0.6) is 0 Å². The number of nitrogens with zero attached hydrogens (tertiary/aromatic N) is 1. The number of amides is 1. The molecule has 1 aliphatic carbocycles. The van der Waals surface area contributed by atoms with Gasteiger partial charge in [-0.15, -0.1) is 0 Å². The van der Waals surface area contributed by atoms with Crippen LogP contribution in [0.3, 0.4) is 0 Å². The fraction of sp³-hybridized carbons (Fsp3) is 0.462. The number of carbonyl (C=O) groups excluding carboxylic acids is 1. The van der Waals surface area contributed by atoms with E-state index in [1.807, 2.05) is 0 Å². The number of rotatable bonds is 3. The van der Waals surface area contributed by atoms with Crippen molar-refractivity contribution < 1.29 is 9.18 Å². The molecule has 0 radical (unpaired) electrons. The molecule has 18 heavy (non-hydrogen) atoms. The molecular weight excluding hydrogens is 321 g/mol. The molecule has 1 fully saturated rings. The Bertz CT molecular complexity index is 462. The molecule has 5 heteroatoms. The highest BCUT2D eigenvalue weighted by Crippen LogP contribution is 2.33. The van der Waals surface area contributed by atoms with Gasteiger partial charge in [0.2, 0.25) is 0 Å². The second kappa shape index (κ2) is 5.57. The lowest BCUT2D eigenvalue weighted by Gasteiger charge is -2.34. The topological polar surface area (TPSA) is 20.3 Å². The number of alkyl halides is 1. The molecule has 0 aliphatic heterocycles. The Morgan fingerprint density at radius 3 is 2.78 bits per heavy atom. The first-order chi connectivity index (χ1) is 8.47. The van der Waals surface area contributed by atoms with Gasteiger partial charge in [-0.1, -0.05) is 27.5 Å². The Labute approximate surface area is 119 Å². The van der Waals surface area contributed by atoms with Gasteiger partial charge in [0.1, 0.15) is 5.82 Å². The lowest BCUT2D eigenvalue weighted by molar-refractivity contribution is 0.0748. The van der Waals surface area contributed by atoms with E-state index in [1.165, 1.54) is 18.2 Å². The van der Waals surface area contributed by atoms with E-state index in [2.05, 4.69) is 15.9 Å². The van der Waals surface area contributed by atoms with Crippen LogP contribution >= 0.6 is 27.5 Å². The van der Waals surface area contributed by atoms with E-state index in [0.29, 0.717) is 16.3 Å². The molecule has 1 aliphatic rings. The monoisotopic (exact) mass is 333 g/mol. The number of halogens is 3. The van der Waals surface area contributed by atoms with Crippen molar-refractivity contribution >= 4 is 33.4 Å². The first-order valence-corrected chi connectivity index (χ1v) is 7.11. The van der Waals surface area contributed by atoms with E-state index in [9.17, 15) is 9.18 Å². The van der Waals surface area contributed by atoms with Crippen LogP contribution in [0.4, 0.5) is 4.39 Å². The molecule has 1 aromatic rings. The molecule has 2 nitrogen and oxygen atoms in total. The third-order valence-corrected chi connectivity index (χ3v) is 4.26. The van der Waals surface area contributed by atoms with Crippen LogP contribution in [0.1, 0.15) is 23.2 Å². The van der Waals surface area contributed by atoms with Crippen molar-refractivity contribution in [3.63, 3.8) is 0 Å². The molecule has 1 saturated carbocycles. The molecule has 1 amide bonds. The summed E-state index contributed by atoms with van der Waals surface area (Å²) < 4.78 is 13.0. The smallest absolute Gasteiger partial charge is 0.253 e. The van der Waals surface area contributed by atoms with Gasteiger partial charge in [0.25, 0.3) is 5.91 Å². The summed E-state index contributed by atoms with van der Waals surface area (Å²) in [5, 5.41) is -0.0154. The van der Waals surface area contributed by atoms with Crippen molar-refractivity contribution in [3.8, 4) is 0 Å². The summed E-state index contributed by atoms with van der Waals surface area (Å²) in [6.07, 6.45) is 2.20. The van der Waals surface area contributed by atoms with E-state index in [0.717, 1.165) is 19.4 Å². The fourth-order valence-corrected chi connectivity index (χ4v) is 3.36. The normalized spacial score (nSPS) is 22.4. The minimum atomic E-state index is -0.503. The Morgan fingerprint density at radius 1 is 1.56 bits per heavy atom. The van der Waals surface area contributed by atoms with Crippen LogP contribution in [0.15, 0.2) is 18.2 Å². The minimum absolute atomic E-state index is 0.0154. The lowest BCUT2D eigenvalue weighted by Crippen LogP contribution is -2.37. The van der Waals surface area contributed by atoms with E-state index in [-0.39, 0.29) is 10.9 Å². The van der Waals surface area contributed by atoms with Crippen molar-refractivity contribution in [1.29, 1.82) is 0 Å². The largest absolute Gasteiger partial charge is 0.341 e. The average molecular weight is 335 g/mol. The molecule has 0 bridgehead atoms. The van der Waals surface area contributed by atoms with Crippen LogP contribution < -0.4 is 0 Å². The van der Waals surface area contributed by atoms with Crippen LogP contribution in [0.25, 0.3) is 0 Å². The molecule has 98 valence electrons. The number of hydrogen-bond acceptors (Lipinski definition) is 1. The summed E-state index contributed by atoms with van der Waals surface area (Å²) in [5.74, 6) is -0.0637. The maximum atomic E-state index is 13.0. The van der Waals surface area contributed by atoms with E-state index < -0.39 is 5.82 Å². The Morgan fingerprint density at radius 2 is 2.22 bits per heavy atom. The lowest BCUT2D eigenvalue weighted by atomic mass is 9.85. The number of carbonyl (C=O) groups is 1. The quantitative estimate of drug-likeness (QED) is 0.771. The summed E-state index contributed by atoms with van der Waals surface area (Å²) in [6.45, 7) is 0.732. The van der Waals surface area contributed by atoms with Crippen molar-refractivity contribution in [1.82, 2.24) is 4.90 Å². The molecule has 1 aromatic carbocycles. The van der Waals surface area contributed by atoms with Crippen molar-refractivity contribution in [3.05, 3.63) is 34.6 Å². The van der Waals surface area contributed by atoms with Gasteiger partial charge in [-0.05, 0) is 37.0 Å². The van der Waals surface area contributed by atoms with Crippen LogP contribution in [0.2, 0.25) is 5.02 Å². The summed E-state index contributed by atoms with van der Waals surface area (Å²) in [7, 11) is 1.77. The van der Waals surface area contributed by atoms with Gasteiger partial charge in [0.05, 0.1) is 5.02 Å². The van der Waals surface area contributed by atoms with Gasteiger partial charge in [0, 0.05) is 24.0 Å². The molecular formula is C13H14BrClFNO. The molecule has 0 N–H and O–H groups in total. The molecule has 0 aromatic heterocycles. The Balaban J connectivity index is 1.99. The number of benzene rings is 1. The molecule has 0 saturated heterocycles. The summed E-state index contributed by atoms with van der Waals surface area (Å²) >= 11 is 9.20. The SMILES string of the molecule is CN(CC1CC(Br)C1)C(=O)c1ccc(F)c(Cl)c1. The molecule has 0 unspecified atom stereocenters. The van der Waals surface area contributed by atoms with Crippen molar-refractivity contribution in [2.75, 3.05) is 13.6 Å². The standard InChI is InChI=1S/C13H14BrClFNO/c1-17(7-8-4-10(14)5-8)13(18)9-2-3-12(16)11(15)6-9/h2-3,6,8,10H,4-5,7H2,1H3. The zero-order valence-corrected chi connectivity index (χ0v) is 12.3. The zero-order chi connectivity index (χ0) is 13.3. The predicted octanol–water partition coefficient (Wildman–Crippen LogP) is 3.72. The number of hydrogen-bond donors (Lipinski definition) is 0. The third kappa shape index (κ3) is 3.04. The van der Waals surface area contributed by atoms with Crippen LogP contribution in [0, 0.1) is 11.7 Å². The molecule has 0 atom stereocenters. The van der Waals surface area contributed by atoms with E-state index >= 15 is 0 Å². The molecule has 2 rings (SSSR count). The van der Waals surface area contributed by atoms with Gasteiger partial charge in [-0.3, -0.25) is 4.79 Å². The van der Waals surface area contributed by atoms with Gasteiger partial charge in [-0.2, -0.15) is 0 Å². The second-order valence-corrected chi connectivity index (χ2v) is 6.45. The fourth-order valence-electron chi connectivity index (χ4n) is 2.12. The molecule has 0 spiro atoms. The first-order valence-electron chi connectivity index (χ1n) is 5.82. The van der Waals surface area contributed by atoms with E-state index in [4.69, 9.17) is 11.6 Å². The average Bonchev–Trinajstić information content (AvgIpc) is 2.29. The Hall–Kier alpha value is -0.610. The van der Waals surface area contributed by atoms with Gasteiger partial charge in [-0.25, -0.2) is 4.39 Å². The summed E-state index contributed by atoms with van der Waals surface area (Å²) in [6, 6.07) is 4.07. The highest BCUT2D eigenvalue weighted by atomic mass is 79.9. The summed E-state index contributed by atoms with van der Waals surface area (Å²) in [5.41, 5.74) is 0.429. The third-order valence-electron chi connectivity index (χ3n) is 3.22. The van der Waals surface area contributed by atoms with Gasteiger partial charge >= 0.3 is 0 Å². The first kappa shape index (κ1) is 13.8.